The Morgan fingerprint density at radius 3 is 2.71 bits per heavy atom. The van der Waals surface area contributed by atoms with E-state index in [-0.39, 0.29) is 5.91 Å². The van der Waals surface area contributed by atoms with Gasteiger partial charge in [0.2, 0.25) is 5.91 Å². The third-order valence-electron chi connectivity index (χ3n) is 3.08. The highest BCUT2D eigenvalue weighted by Crippen LogP contribution is 2.19. The molecule has 1 aromatic heterocycles. The van der Waals surface area contributed by atoms with Gasteiger partial charge in [-0.25, -0.2) is 0 Å². The topological polar surface area (TPSA) is 54.0 Å². The third-order valence-corrected chi connectivity index (χ3v) is 3.97. The normalized spacial score (nSPS) is 10.2. The Balaban J connectivity index is 1.70. The molecule has 1 amide bonds. The van der Waals surface area contributed by atoms with Gasteiger partial charge >= 0.3 is 0 Å². The molecule has 0 aliphatic carbocycles. The Morgan fingerprint density at radius 2 is 2.00 bits per heavy atom. The molecule has 1 heterocycles. The monoisotopic (exact) mass is 347 g/mol. The lowest BCUT2D eigenvalue weighted by molar-refractivity contribution is -0.121. The van der Waals surface area contributed by atoms with Gasteiger partial charge in [0.25, 0.3) is 0 Å². The summed E-state index contributed by atoms with van der Waals surface area (Å²) in [6.07, 6.45) is 3.89. The van der Waals surface area contributed by atoms with E-state index < -0.39 is 0 Å². The van der Waals surface area contributed by atoms with Gasteiger partial charge in [-0.3, -0.25) is 9.78 Å². The molecule has 0 bridgehead atoms. The number of carbonyl (C=O) groups is 1. The van der Waals surface area contributed by atoms with Crippen LogP contribution in [0.2, 0.25) is 0 Å². The molecule has 21 heavy (non-hydrogen) atoms. The highest BCUT2D eigenvalue weighted by atomic mass is 79.9. The second kappa shape index (κ2) is 7.78. The first kappa shape index (κ1) is 15.5. The summed E-state index contributed by atoms with van der Waals surface area (Å²) in [7, 11) is 0. The van der Waals surface area contributed by atoms with Crippen LogP contribution in [0.25, 0.3) is 0 Å². The summed E-state index contributed by atoms with van der Waals surface area (Å²) >= 11 is 3.47. The van der Waals surface area contributed by atoms with Crippen molar-refractivity contribution in [2.75, 3.05) is 11.9 Å². The molecule has 1 aromatic carbocycles. The first-order chi connectivity index (χ1) is 10.1. The second-order valence-corrected chi connectivity index (χ2v) is 5.63. The van der Waals surface area contributed by atoms with Crippen molar-refractivity contribution < 1.29 is 4.79 Å². The molecule has 5 heteroatoms. The number of hydrogen-bond donors (Lipinski definition) is 2. The van der Waals surface area contributed by atoms with Crippen LogP contribution in [0.3, 0.4) is 0 Å². The summed E-state index contributed by atoms with van der Waals surface area (Å²) in [6.45, 7) is 3.19. The molecule has 0 unspecified atom stereocenters. The van der Waals surface area contributed by atoms with Crippen LogP contribution in [-0.4, -0.2) is 17.4 Å². The predicted molar refractivity (Wildman–Crippen MR) is 88.1 cm³/mol. The van der Waals surface area contributed by atoms with Gasteiger partial charge in [0, 0.05) is 42.1 Å². The number of nitrogens with zero attached hydrogens (tertiary/aromatic N) is 1. The smallest absolute Gasteiger partial charge is 0.222 e. The number of amides is 1. The summed E-state index contributed by atoms with van der Waals surface area (Å²) in [6, 6.07) is 9.83. The molecule has 0 aliphatic heterocycles. The highest BCUT2D eigenvalue weighted by Gasteiger charge is 2.02. The molecular weight excluding hydrogens is 330 g/mol. The van der Waals surface area contributed by atoms with E-state index in [9.17, 15) is 4.79 Å². The standard InChI is InChI=1S/C16H18BrN3O/c1-12-10-14(2-3-15(12)17)19-9-6-16(21)20-11-13-4-7-18-8-5-13/h2-5,7-8,10,19H,6,9,11H2,1H3,(H,20,21). The van der Waals surface area contributed by atoms with Crippen molar-refractivity contribution >= 4 is 27.5 Å². The fraction of sp³-hybridized carbons (Fsp3) is 0.250. The van der Waals surface area contributed by atoms with Crippen molar-refractivity contribution in [1.29, 1.82) is 0 Å². The van der Waals surface area contributed by atoms with Gasteiger partial charge in [-0.15, -0.1) is 0 Å². The molecule has 0 atom stereocenters. The molecule has 0 aliphatic rings. The molecule has 0 spiro atoms. The van der Waals surface area contributed by atoms with Crippen LogP contribution in [0.4, 0.5) is 5.69 Å². The van der Waals surface area contributed by atoms with Gasteiger partial charge in [-0.1, -0.05) is 15.9 Å². The number of pyridine rings is 1. The van der Waals surface area contributed by atoms with Crippen LogP contribution in [-0.2, 0) is 11.3 Å². The van der Waals surface area contributed by atoms with Gasteiger partial charge in [0.05, 0.1) is 0 Å². The van der Waals surface area contributed by atoms with Crippen molar-refractivity contribution in [3.05, 3.63) is 58.3 Å². The van der Waals surface area contributed by atoms with Crippen molar-refractivity contribution in [2.45, 2.75) is 19.9 Å². The van der Waals surface area contributed by atoms with Gasteiger partial charge in [0.1, 0.15) is 0 Å². The minimum absolute atomic E-state index is 0.0353. The van der Waals surface area contributed by atoms with Crippen LogP contribution in [0, 0.1) is 6.92 Å². The second-order valence-electron chi connectivity index (χ2n) is 4.77. The van der Waals surface area contributed by atoms with E-state index >= 15 is 0 Å². The zero-order valence-electron chi connectivity index (χ0n) is 11.9. The molecule has 2 aromatic rings. The number of nitrogens with one attached hydrogen (secondary N) is 2. The van der Waals surface area contributed by atoms with Gasteiger partial charge in [-0.05, 0) is 48.4 Å². The van der Waals surface area contributed by atoms with E-state index in [1.54, 1.807) is 12.4 Å². The van der Waals surface area contributed by atoms with E-state index in [4.69, 9.17) is 0 Å². The third kappa shape index (κ3) is 5.19. The number of halogens is 1. The summed E-state index contributed by atoms with van der Waals surface area (Å²) < 4.78 is 1.09. The molecule has 0 radical (unpaired) electrons. The van der Waals surface area contributed by atoms with Crippen molar-refractivity contribution in [3.63, 3.8) is 0 Å². The fourth-order valence-electron chi connectivity index (χ4n) is 1.86. The lowest BCUT2D eigenvalue weighted by Gasteiger charge is -2.09. The van der Waals surface area contributed by atoms with Crippen LogP contribution in [0.5, 0.6) is 0 Å². The molecule has 0 fully saturated rings. The van der Waals surface area contributed by atoms with E-state index in [2.05, 4.69) is 37.6 Å². The zero-order valence-corrected chi connectivity index (χ0v) is 13.5. The van der Waals surface area contributed by atoms with Gasteiger partial charge in [-0.2, -0.15) is 0 Å². The first-order valence-electron chi connectivity index (χ1n) is 6.81. The summed E-state index contributed by atoms with van der Waals surface area (Å²) in [5.41, 5.74) is 3.25. The minimum atomic E-state index is 0.0353. The summed E-state index contributed by atoms with van der Waals surface area (Å²) in [5.74, 6) is 0.0353. The summed E-state index contributed by atoms with van der Waals surface area (Å²) in [5, 5.41) is 6.14. The van der Waals surface area contributed by atoms with E-state index in [1.807, 2.05) is 31.2 Å². The van der Waals surface area contributed by atoms with Crippen LogP contribution < -0.4 is 10.6 Å². The quantitative estimate of drug-likeness (QED) is 0.843. The van der Waals surface area contributed by atoms with Gasteiger partial charge < -0.3 is 10.6 Å². The molecule has 2 rings (SSSR count). The Labute approximate surface area is 133 Å². The number of benzene rings is 1. The maximum atomic E-state index is 11.8. The number of hydrogen-bond acceptors (Lipinski definition) is 3. The average Bonchev–Trinajstić information content (AvgIpc) is 2.50. The fourth-order valence-corrected chi connectivity index (χ4v) is 2.11. The number of rotatable bonds is 6. The van der Waals surface area contributed by atoms with E-state index in [0.29, 0.717) is 19.5 Å². The van der Waals surface area contributed by atoms with Crippen molar-refractivity contribution in [1.82, 2.24) is 10.3 Å². The summed E-state index contributed by atoms with van der Waals surface area (Å²) in [4.78, 5) is 15.7. The first-order valence-corrected chi connectivity index (χ1v) is 7.60. The van der Waals surface area contributed by atoms with Crippen LogP contribution in [0.1, 0.15) is 17.5 Å². The molecular formula is C16H18BrN3O. The maximum absolute atomic E-state index is 11.8. The molecule has 0 saturated heterocycles. The number of aryl methyl sites for hydroxylation is 1. The van der Waals surface area contributed by atoms with Crippen molar-refractivity contribution in [3.8, 4) is 0 Å². The number of carbonyl (C=O) groups excluding carboxylic acids is 1. The molecule has 0 saturated carbocycles. The average molecular weight is 348 g/mol. The van der Waals surface area contributed by atoms with Crippen LogP contribution in [0.15, 0.2) is 47.2 Å². The largest absolute Gasteiger partial charge is 0.385 e. The Morgan fingerprint density at radius 1 is 1.24 bits per heavy atom. The minimum Gasteiger partial charge on any atom is -0.385 e. The predicted octanol–water partition coefficient (Wildman–Crippen LogP) is 3.27. The number of anilines is 1. The highest BCUT2D eigenvalue weighted by molar-refractivity contribution is 9.10. The number of aromatic nitrogens is 1. The van der Waals surface area contributed by atoms with Crippen molar-refractivity contribution in [2.24, 2.45) is 0 Å². The van der Waals surface area contributed by atoms with E-state index in [0.717, 1.165) is 15.7 Å². The Bertz CT molecular complexity index is 602. The maximum Gasteiger partial charge on any atom is 0.222 e. The Hall–Kier alpha value is -1.88. The Kier molecular flexibility index (Phi) is 5.75. The molecule has 110 valence electrons. The lowest BCUT2D eigenvalue weighted by Crippen LogP contribution is -2.24. The lowest BCUT2D eigenvalue weighted by atomic mass is 10.2. The van der Waals surface area contributed by atoms with E-state index in [1.165, 1.54) is 5.56 Å². The molecule has 4 nitrogen and oxygen atoms in total. The van der Waals surface area contributed by atoms with Gasteiger partial charge in [0.15, 0.2) is 0 Å². The molecule has 2 N–H and O–H groups in total. The SMILES string of the molecule is Cc1cc(NCCC(=O)NCc2ccncc2)ccc1Br. The zero-order chi connectivity index (χ0) is 15.1. The van der Waals surface area contributed by atoms with Crippen LogP contribution >= 0.6 is 15.9 Å².